The first-order valence-electron chi connectivity index (χ1n) is 6.26. The molecular formula is C15H18N2OS. The minimum Gasteiger partial charge on any atom is -0.380 e. The molecule has 0 saturated carbocycles. The van der Waals surface area contributed by atoms with Gasteiger partial charge >= 0.3 is 0 Å². The zero-order valence-corrected chi connectivity index (χ0v) is 12.0. The van der Waals surface area contributed by atoms with Crippen LogP contribution in [0.5, 0.6) is 0 Å². The van der Waals surface area contributed by atoms with E-state index in [1.807, 2.05) is 31.2 Å². The van der Waals surface area contributed by atoms with Crippen LogP contribution in [0.3, 0.4) is 0 Å². The van der Waals surface area contributed by atoms with Crippen molar-refractivity contribution in [2.75, 3.05) is 19.0 Å². The zero-order valence-electron chi connectivity index (χ0n) is 11.1. The van der Waals surface area contributed by atoms with Crippen molar-refractivity contribution in [1.29, 1.82) is 0 Å². The highest BCUT2D eigenvalue weighted by molar-refractivity contribution is 7.80. The first-order valence-corrected chi connectivity index (χ1v) is 6.67. The normalized spacial score (nSPS) is 12.1. The number of nitrogens with one attached hydrogen (secondary N) is 2. The highest BCUT2D eigenvalue weighted by atomic mass is 32.1. The molecule has 0 radical (unpaired) electrons. The average Bonchev–Trinajstić information content (AvgIpc) is 2.45. The van der Waals surface area contributed by atoms with Crippen LogP contribution in [0.15, 0.2) is 42.5 Å². The smallest absolute Gasteiger partial charge is 0.170 e. The number of anilines is 1. The van der Waals surface area contributed by atoms with Gasteiger partial charge in [-0.05, 0) is 30.6 Å². The van der Waals surface area contributed by atoms with Gasteiger partial charge in [0.15, 0.2) is 5.11 Å². The SMILES string of the molecule is COC(C)CNC(=S)Nc1cccc2ccccc12. The van der Waals surface area contributed by atoms with Gasteiger partial charge in [0.05, 0.1) is 6.10 Å². The third-order valence-electron chi connectivity index (χ3n) is 2.99. The largest absolute Gasteiger partial charge is 0.380 e. The maximum absolute atomic E-state index is 5.29. The van der Waals surface area contributed by atoms with E-state index >= 15 is 0 Å². The molecule has 4 heteroatoms. The molecule has 2 rings (SSSR count). The van der Waals surface area contributed by atoms with Gasteiger partial charge in [0.25, 0.3) is 0 Å². The van der Waals surface area contributed by atoms with Crippen molar-refractivity contribution < 1.29 is 4.74 Å². The standard InChI is InChI=1S/C15H18N2OS/c1-11(18-2)10-16-15(19)17-14-9-5-7-12-6-3-4-8-13(12)14/h3-9,11H,10H2,1-2H3,(H2,16,17,19). The van der Waals surface area contributed by atoms with Gasteiger partial charge in [0.1, 0.15) is 0 Å². The van der Waals surface area contributed by atoms with Crippen molar-refractivity contribution in [2.45, 2.75) is 13.0 Å². The van der Waals surface area contributed by atoms with E-state index in [9.17, 15) is 0 Å². The number of benzene rings is 2. The quantitative estimate of drug-likeness (QED) is 0.839. The van der Waals surface area contributed by atoms with E-state index < -0.39 is 0 Å². The Morgan fingerprint density at radius 2 is 1.95 bits per heavy atom. The summed E-state index contributed by atoms with van der Waals surface area (Å²) in [6, 6.07) is 14.4. The lowest BCUT2D eigenvalue weighted by atomic mass is 10.1. The summed E-state index contributed by atoms with van der Waals surface area (Å²) in [5, 5.41) is 9.34. The third-order valence-corrected chi connectivity index (χ3v) is 3.24. The van der Waals surface area contributed by atoms with Crippen molar-refractivity contribution in [2.24, 2.45) is 0 Å². The fourth-order valence-corrected chi connectivity index (χ4v) is 2.01. The second kappa shape index (κ2) is 6.50. The van der Waals surface area contributed by atoms with Gasteiger partial charge in [-0.15, -0.1) is 0 Å². The summed E-state index contributed by atoms with van der Waals surface area (Å²) in [4.78, 5) is 0. The van der Waals surface area contributed by atoms with Crippen molar-refractivity contribution in [3.8, 4) is 0 Å². The summed E-state index contributed by atoms with van der Waals surface area (Å²) < 4.78 is 5.17. The van der Waals surface area contributed by atoms with E-state index in [0.717, 1.165) is 11.1 Å². The Morgan fingerprint density at radius 1 is 1.21 bits per heavy atom. The number of thiocarbonyl (C=S) groups is 1. The van der Waals surface area contributed by atoms with Gasteiger partial charge in [0, 0.05) is 24.7 Å². The first-order chi connectivity index (χ1) is 9.20. The summed E-state index contributed by atoms with van der Waals surface area (Å²) in [5.41, 5.74) is 1.01. The van der Waals surface area contributed by atoms with Crippen LogP contribution in [0.2, 0.25) is 0 Å². The molecule has 2 aromatic carbocycles. The number of ether oxygens (including phenoxy) is 1. The van der Waals surface area contributed by atoms with E-state index in [2.05, 4.69) is 28.8 Å². The lowest BCUT2D eigenvalue weighted by Gasteiger charge is -2.15. The van der Waals surface area contributed by atoms with Crippen molar-refractivity contribution in [3.05, 3.63) is 42.5 Å². The van der Waals surface area contributed by atoms with Gasteiger partial charge in [-0.2, -0.15) is 0 Å². The Bertz CT molecular complexity index is 566. The van der Waals surface area contributed by atoms with Crippen molar-refractivity contribution in [1.82, 2.24) is 5.32 Å². The predicted molar refractivity (Wildman–Crippen MR) is 84.6 cm³/mol. The van der Waals surface area contributed by atoms with E-state index in [-0.39, 0.29) is 6.10 Å². The number of hydrogen-bond acceptors (Lipinski definition) is 2. The molecule has 1 unspecified atom stereocenters. The van der Waals surface area contributed by atoms with Gasteiger partial charge < -0.3 is 15.4 Å². The molecule has 0 amide bonds. The van der Waals surface area contributed by atoms with Crippen LogP contribution < -0.4 is 10.6 Å². The Labute approximate surface area is 119 Å². The summed E-state index contributed by atoms with van der Waals surface area (Å²) in [5.74, 6) is 0. The minimum atomic E-state index is 0.132. The monoisotopic (exact) mass is 274 g/mol. The van der Waals surface area contributed by atoms with Crippen LogP contribution in [0, 0.1) is 0 Å². The molecule has 0 aliphatic heterocycles. The number of fused-ring (bicyclic) bond motifs is 1. The highest BCUT2D eigenvalue weighted by Crippen LogP contribution is 2.22. The molecule has 0 bridgehead atoms. The third kappa shape index (κ3) is 3.66. The van der Waals surface area contributed by atoms with Crippen LogP contribution in [-0.4, -0.2) is 24.9 Å². The summed E-state index contributed by atoms with van der Waals surface area (Å²) >= 11 is 5.29. The van der Waals surface area contributed by atoms with Crippen LogP contribution in [-0.2, 0) is 4.74 Å². The number of rotatable bonds is 4. The van der Waals surface area contributed by atoms with Crippen LogP contribution in [0.1, 0.15) is 6.92 Å². The molecule has 0 heterocycles. The highest BCUT2D eigenvalue weighted by Gasteiger charge is 2.04. The van der Waals surface area contributed by atoms with E-state index in [4.69, 9.17) is 17.0 Å². The Balaban J connectivity index is 2.07. The molecule has 0 aliphatic carbocycles. The molecule has 3 nitrogen and oxygen atoms in total. The minimum absolute atomic E-state index is 0.132. The van der Waals surface area contributed by atoms with Crippen LogP contribution in [0.25, 0.3) is 10.8 Å². The van der Waals surface area contributed by atoms with E-state index in [1.165, 1.54) is 5.39 Å². The van der Waals surface area contributed by atoms with Gasteiger partial charge in [-0.3, -0.25) is 0 Å². The van der Waals surface area contributed by atoms with E-state index in [1.54, 1.807) is 7.11 Å². The lowest BCUT2D eigenvalue weighted by Crippen LogP contribution is -2.34. The van der Waals surface area contributed by atoms with Crippen LogP contribution in [0.4, 0.5) is 5.69 Å². The second-order valence-corrected chi connectivity index (χ2v) is 4.82. The van der Waals surface area contributed by atoms with Crippen LogP contribution >= 0.6 is 12.2 Å². The van der Waals surface area contributed by atoms with E-state index in [0.29, 0.717) is 11.7 Å². The first kappa shape index (κ1) is 13.8. The molecule has 19 heavy (non-hydrogen) atoms. The molecule has 0 aromatic heterocycles. The number of methoxy groups -OCH3 is 1. The number of hydrogen-bond donors (Lipinski definition) is 2. The Morgan fingerprint density at radius 3 is 2.74 bits per heavy atom. The van der Waals surface area contributed by atoms with Gasteiger partial charge in [-0.25, -0.2) is 0 Å². The Hall–Kier alpha value is -1.65. The fraction of sp³-hybridized carbons (Fsp3) is 0.267. The molecule has 100 valence electrons. The molecule has 2 aromatic rings. The van der Waals surface area contributed by atoms with Crippen molar-refractivity contribution in [3.63, 3.8) is 0 Å². The summed E-state index contributed by atoms with van der Waals surface area (Å²) in [6.45, 7) is 2.68. The second-order valence-electron chi connectivity index (χ2n) is 4.41. The van der Waals surface area contributed by atoms with Gasteiger partial charge in [-0.1, -0.05) is 36.4 Å². The molecule has 0 saturated heterocycles. The summed E-state index contributed by atoms with van der Waals surface area (Å²) in [6.07, 6.45) is 0.132. The molecule has 0 aliphatic rings. The predicted octanol–water partition coefficient (Wildman–Crippen LogP) is 3.16. The molecule has 0 fully saturated rings. The maximum atomic E-state index is 5.29. The Kier molecular flexibility index (Phi) is 4.71. The molecular weight excluding hydrogens is 256 g/mol. The van der Waals surface area contributed by atoms with Gasteiger partial charge in [0.2, 0.25) is 0 Å². The molecule has 0 spiro atoms. The summed E-state index contributed by atoms with van der Waals surface area (Å²) in [7, 11) is 1.69. The average molecular weight is 274 g/mol. The molecule has 1 atom stereocenters. The molecule has 2 N–H and O–H groups in total. The lowest BCUT2D eigenvalue weighted by molar-refractivity contribution is 0.121. The van der Waals surface area contributed by atoms with Crippen molar-refractivity contribution >= 4 is 33.8 Å². The topological polar surface area (TPSA) is 33.3 Å². The zero-order chi connectivity index (χ0) is 13.7. The maximum Gasteiger partial charge on any atom is 0.170 e. The fourth-order valence-electron chi connectivity index (χ4n) is 1.82.